The Morgan fingerprint density at radius 2 is 1.90 bits per heavy atom. The molecular weight excluding hydrogens is 277 g/mol. The molecular formula is C16H23F3N2. The number of rotatable bonds is 3. The Morgan fingerprint density at radius 3 is 2.52 bits per heavy atom. The number of likely N-dealkylation sites (tertiary alicyclic amines) is 1. The summed E-state index contributed by atoms with van der Waals surface area (Å²) in [6.45, 7) is 5.21. The lowest BCUT2D eigenvalue weighted by molar-refractivity contribution is -0.139. The molecule has 21 heavy (non-hydrogen) atoms. The van der Waals surface area contributed by atoms with E-state index in [-0.39, 0.29) is 18.6 Å². The zero-order chi connectivity index (χ0) is 15.6. The Morgan fingerprint density at radius 1 is 1.24 bits per heavy atom. The summed E-state index contributed by atoms with van der Waals surface area (Å²) in [6.07, 6.45) is -2.21. The molecule has 1 fully saturated rings. The summed E-state index contributed by atoms with van der Waals surface area (Å²) in [5, 5.41) is 0. The molecule has 2 N–H and O–H groups in total. The number of alkyl halides is 3. The lowest BCUT2D eigenvalue weighted by Gasteiger charge is -2.42. The molecule has 0 amide bonds. The molecule has 1 aliphatic heterocycles. The lowest BCUT2D eigenvalue weighted by Crippen LogP contribution is -2.46. The van der Waals surface area contributed by atoms with Crippen molar-refractivity contribution < 1.29 is 13.2 Å². The van der Waals surface area contributed by atoms with Gasteiger partial charge in [-0.05, 0) is 37.3 Å². The normalized spacial score (nSPS) is 25.8. The molecule has 3 atom stereocenters. The van der Waals surface area contributed by atoms with Gasteiger partial charge in [-0.1, -0.05) is 25.1 Å². The van der Waals surface area contributed by atoms with Crippen LogP contribution >= 0.6 is 0 Å². The van der Waals surface area contributed by atoms with Crippen LogP contribution in [0.25, 0.3) is 0 Å². The Balaban J connectivity index is 2.37. The van der Waals surface area contributed by atoms with Crippen LogP contribution in [0.4, 0.5) is 13.2 Å². The molecule has 0 radical (unpaired) electrons. The van der Waals surface area contributed by atoms with Gasteiger partial charge < -0.3 is 5.73 Å². The van der Waals surface area contributed by atoms with Crippen molar-refractivity contribution in [3.05, 3.63) is 35.4 Å². The van der Waals surface area contributed by atoms with Crippen LogP contribution in [0.3, 0.4) is 0 Å². The fraction of sp³-hybridized carbons (Fsp3) is 0.625. The van der Waals surface area contributed by atoms with Gasteiger partial charge in [-0.15, -0.1) is 0 Å². The maximum absolute atomic E-state index is 13.2. The maximum Gasteiger partial charge on any atom is 0.416 e. The van der Waals surface area contributed by atoms with E-state index in [2.05, 4.69) is 18.7 Å². The van der Waals surface area contributed by atoms with Gasteiger partial charge in [-0.3, -0.25) is 4.90 Å². The molecule has 5 heteroatoms. The number of halogens is 3. The average Bonchev–Trinajstić information content (AvgIpc) is 2.43. The fourth-order valence-electron chi connectivity index (χ4n) is 3.24. The van der Waals surface area contributed by atoms with Crippen LogP contribution in [0.15, 0.2) is 24.3 Å². The van der Waals surface area contributed by atoms with Crippen molar-refractivity contribution in [2.45, 2.75) is 44.9 Å². The van der Waals surface area contributed by atoms with Crippen LogP contribution in [-0.2, 0) is 6.18 Å². The van der Waals surface area contributed by atoms with Gasteiger partial charge in [0, 0.05) is 25.2 Å². The zero-order valence-electron chi connectivity index (χ0n) is 12.5. The van der Waals surface area contributed by atoms with E-state index in [1.807, 2.05) is 0 Å². The van der Waals surface area contributed by atoms with Gasteiger partial charge in [0.05, 0.1) is 5.56 Å². The first-order chi connectivity index (χ1) is 9.84. The summed E-state index contributed by atoms with van der Waals surface area (Å²) in [6, 6.07) is 5.69. The standard InChI is InChI=1S/C16H23F3N2/c1-11-7-8-12(2)21(10-11)15(9-20)13-5-3-4-6-14(13)16(17,18)19/h3-6,11-12,15H,7-10,20H2,1-2H3. The predicted octanol–water partition coefficient (Wildman–Crippen LogP) is 3.83. The molecule has 118 valence electrons. The summed E-state index contributed by atoms with van der Waals surface area (Å²) in [4.78, 5) is 2.14. The number of benzene rings is 1. The van der Waals surface area contributed by atoms with Crippen molar-refractivity contribution in [3.8, 4) is 0 Å². The van der Waals surface area contributed by atoms with Gasteiger partial charge in [0.1, 0.15) is 0 Å². The molecule has 1 heterocycles. The summed E-state index contributed by atoms with van der Waals surface area (Å²) in [7, 11) is 0. The minimum Gasteiger partial charge on any atom is -0.329 e. The maximum atomic E-state index is 13.2. The van der Waals surface area contributed by atoms with E-state index in [0.29, 0.717) is 11.5 Å². The number of nitrogens with zero attached hydrogens (tertiary/aromatic N) is 1. The molecule has 1 saturated heterocycles. The highest BCUT2D eigenvalue weighted by Crippen LogP contribution is 2.38. The Kier molecular flexibility index (Phi) is 4.94. The summed E-state index contributed by atoms with van der Waals surface area (Å²) < 4.78 is 39.7. The summed E-state index contributed by atoms with van der Waals surface area (Å²) >= 11 is 0. The van der Waals surface area contributed by atoms with E-state index < -0.39 is 11.7 Å². The second-order valence-electron chi connectivity index (χ2n) is 6.06. The number of hydrogen-bond donors (Lipinski definition) is 1. The minimum absolute atomic E-state index is 0.199. The molecule has 0 bridgehead atoms. The Labute approximate surface area is 124 Å². The third kappa shape index (κ3) is 3.58. The van der Waals surface area contributed by atoms with E-state index in [1.54, 1.807) is 12.1 Å². The van der Waals surface area contributed by atoms with Gasteiger partial charge in [-0.25, -0.2) is 0 Å². The van der Waals surface area contributed by atoms with Gasteiger partial charge in [0.2, 0.25) is 0 Å². The monoisotopic (exact) mass is 300 g/mol. The highest BCUT2D eigenvalue weighted by atomic mass is 19.4. The first kappa shape index (κ1) is 16.3. The van der Waals surface area contributed by atoms with Crippen molar-refractivity contribution in [3.63, 3.8) is 0 Å². The average molecular weight is 300 g/mol. The molecule has 0 aromatic heterocycles. The van der Waals surface area contributed by atoms with Crippen molar-refractivity contribution in [2.75, 3.05) is 13.1 Å². The predicted molar refractivity (Wildman–Crippen MR) is 77.8 cm³/mol. The van der Waals surface area contributed by atoms with Crippen molar-refractivity contribution in [1.29, 1.82) is 0 Å². The molecule has 0 aliphatic carbocycles. The van der Waals surface area contributed by atoms with Crippen LogP contribution < -0.4 is 5.73 Å². The topological polar surface area (TPSA) is 29.3 Å². The third-order valence-electron chi connectivity index (χ3n) is 4.41. The van der Waals surface area contributed by atoms with Crippen LogP contribution in [-0.4, -0.2) is 24.0 Å². The number of piperidine rings is 1. The molecule has 3 unspecified atom stereocenters. The van der Waals surface area contributed by atoms with Crippen LogP contribution in [0, 0.1) is 5.92 Å². The molecule has 2 rings (SSSR count). The molecule has 1 aliphatic rings. The minimum atomic E-state index is -4.34. The molecule has 0 spiro atoms. The molecule has 2 nitrogen and oxygen atoms in total. The van der Waals surface area contributed by atoms with E-state index in [9.17, 15) is 13.2 Å². The van der Waals surface area contributed by atoms with E-state index >= 15 is 0 Å². The molecule has 1 aromatic rings. The highest BCUT2D eigenvalue weighted by molar-refractivity contribution is 5.33. The largest absolute Gasteiger partial charge is 0.416 e. The van der Waals surface area contributed by atoms with Crippen LogP contribution in [0.5, 0.6) is 0 Å². The van der Waals surface area contributed by atoms with Crippen molar-refractivity contribution >= 4 is 0 Å². The highest BCUT2D eigenvalue weighted by Gasteiger charge is 2.37. The molecule has 0 saturated carbocycles. The van der Waals surface area contributed by atoms with Gasteiger partial charge >= 0.3 is 6.18 Å². The second-order valence-corrected chi connectivity index (χ2v) is 6.06. The first-order valence-electron chi connectivity index (χ1n) is 7.46. The lowest BCUT2D eigenvalue weighted by atomic mass is 9.90. The SMILES string of the molecule is CC1CCC(C)N(C(CN)c2ccccc2C(F)(F)F)C1. The number of hydrogen-bond acceptors (Lipinski definition) is 2. The van der Waals surface area contributed by atoms with Gasteiger partial charge in [-0.2, -0.15) is 13.2 Å². The van der Waals surface area contributed by atoms with Crippen molar-refractivity contribution in [2.24, 2.45) is 11.7 Å². The smallest absolute Gasteiger partial charge is 0.329 e. The first-order valence-corrected chi connectivity index (χ1v) is 7.46. The van der Waals surface area contributed by atoms with E-state index in [1.165, 1.54) is 6.07 Å². The quantitative estimate of drug-likeness (QED) is 0.919. The second kappa shape index (κ2) is 6.36. The number of nitrogens with two attached hydrogens (primary N) is 1. The third-order valence-corrected chi connectivity index (χ3v) is 4.41. The summed E-state index contributed by atoms with van der Waals surface area (Å²) in [5.74, 6) is 0.494. The fourth-order valence-corrected chi connectivity index (χ4v) is 3.24. The van der Waals surface area contributed by atoms with E-state index in [4.69, 9.17) is 5.73 Å². The zero-order valence-corrected chi connectivity index (χ0v) is 12.5. The molecule has 1 aromatic carbocycles. The van der Waals surface area contributed by atoms with Gasteiger partial charge in [0.25, 0.3) is 0 Å². The van der Waals surface area contributed by atoms with Crippen molar-refractivity contribution in [1.82, 2.24) is 4.90 Å². The van der Waals surface area contributed by atoms with E-state index in [0.717, 1.165) is 25.5 Å². The van der Waals surface area contributed by atoms with Gasteiger partial charge in [0.15, 0.2) is 0 Å². The Bertz CT molecular complexity index is 473. The summed E-state index contributed by atoms with van der Waals surface area (Å²) in [5.41, 5.74) is 5.58. The Hall–Kier alpha value is -1.07. The van der Waals surface area contributed by atoms with Crippen LogP contribution in [0.1, 0.15) is 43.9 Å². The van der Waals surface area contributed by atoms with Crippen LogP contribution in [0.2, 0.25) is 0 Å².